The van der Waals surface area contributed by atoms with Crippen LogP contribution in [-0.4, -0.2) is 58.0 Å². The molecule has 2 saturated heterocycles. The molecule has 25 heavy (non-hydrogen) atoms. The maximum absolute atomic E-state index is 12.9. The average molecular weight is 339 g/mol. The number of pyridine rings is 1. The lowest BCUT2D eigenvalue weighted by Gasteiger charge is -2.26. The van der Waals surface area contributed by atoms with Crippen LogP contribution in [0.5, 0.6) is 5.88 Å². The number of rotatable bonds is 3. The Bertz CT molecular complexity index is 779. The highest BCUT2D eigenvalue weighted by Crippen LogP contribution is 2.35. The summed E-state index contributed by atoms with van der Waals surface area (Å²) in [6, 6.07) is 6.11. The number of amides is 1. The molecule has 7 heteroatoms. The smallest absolute Gasteiger partial charge is 0.255 e. The number of methoxy groups -OCH3 is 1. The predicted molar refractivity (Wildman–Crippen MR) is 92.8 cm³/mol. The summed E-state index contributed by atoms with van der Waals surface area (Å²) in [5, 5.41) is 0. The summed E-state index contributed by atoms with van der Waals surface area (Å²) in [7, 11) is 1.60. The van der Waals surface area contributed by atoms with E-state index in [1.54, 1.807) is 13.3 Å². The number of ether oxygens (including phenoxy) is 1. The van der Waals surface area contributed by atoms with Crippen LogP contribution < -0.4 is 9.64 Å². The first-order valence-corrected chi connectivity index (χ1v) is 8.53. The molecule has 7 nitrogen and oxygen atoms in total. The average Bonchev–Trinajstić information content (AvgIpc) is 3.23. The van der Waals surface area contributed by atoms with Crippen LogP contribution in [0.15, 0.2) is 30.7 Å². The number of hydrogen-bond donors (Lipinski definition) is 0. The Balaban J connectivity index is 1.53. The van der Waals surface area contributed by atoms with E-state index in [1.165, 1.54) is 6.33 Å². The second-order valence-corrected chi connectivity index (χ2v) is 6.51. The standard InChI is InChI=1S/C18H21N5O2/c1-12-3-4-13(10-19-12)18(24)23-8-6-14-15(23)5-7-22(14)16-9-17(25-2)21-11-20-16/h3-4,9-11,14-15H,5-8H2,1-2H3/t14-,15+/m1/s1. The molecule has 0 saturated carbocycles. The van der Waals surface area contributed by atoms with E-state index < -0.39 is 0 Å². The van der Waals surface area contributed by atoms with E-state index in [4.69, 9.17) is 4.74 Å². The predicted octanol–water partition coefficient (Wildman–Crippen LogP) is 1.68. The number of nitrogens with zero attached hydrogens (tertiary/aromatic N) is 5. The highest BCUT2D eigenvalue weighted by atomic mass is 16.5. The van der Waals surface area contributed by atoms with Gasteiger partial charge in [0.2, 0.25) is 5.88 Å². The summed E-state index contributed by atoms with van der Waals surface area (Å²) >= 11 is 0. The molecule has 1 amide bonds. The molecule has 2 aromatic rings. The van der Waals surface area contributed by atoms with Gasteiger partial charge in [-0.3, -0.25) is 9.78 Å². The summed E-state index contributed by atoms with van der Waals surface area (Å²) in [5.41, 5.74) is 1.58. The van der Waals surface area contributed by atoms with E-state index in [0.29, 0.717) is 17.5 Å². The summed E-state index contributed by atoms with van der Waals surface area (Å²) in [5.74, 6) is 1.50. The second kappa shape index (κ2) is 6.31. The van der Waals surface area contributed by atoms with Gasteiger partial charge in [-0.25, -0.2) is 9.97 Å². The minimum atomic E-state index is 0.0714. The molecular weight excluding hydrogens is 318 g/mol. The zero-order valence-electron chi connectivity index (χ0n) is 14.4. The summed E-state index contributed by atoms with van der Waals surface area (Å²) in [6.07, 6.45) is 5.09. The lowest BCUT2D eigenvalue weighted by atomic mass is 10.1. The molecule has 0 aromatic carbocycles. The molecular formula is C18H21N5O2. The van der Waals surface area contributed by atoms with E-state index in [0.717, 1.165) is 37.4 Å². The van der Waals surface area contributed by atoms with Crippen molar-refractivity contribution in [2.24, 2.45) is 0 Å². The molecule has 2 fully saturated rings. The zero-order chi connectivity index (χ0) is 17.4. The first-order chi connectivity index (χ1) is 12.2. The zero-order valence-corrected chi connectivity index (χ0v) is 14.4. The molecule has 0 N–H and O–H groups in total. The lowest BCUT2D eigenvalue weighted by Crippen LogP contribution is -2.40. The quantitative estimate of drug-likeness (QED) is 0.847. The summed E-state index contributed by atoms with van der Waals surface area (Å²) in [4.78, 5) is 29.8. The van der Waals surface area contributed by atoms with E-state index in [9.17, 15) is 4.79 Å². The fourth-order valence-corrected chi connectivity index (χ4v) is 3.88. The third-order valence-corrected chi connectivity index (χ3v) is 5.13. The van der Waals surface area contributed by atoms with Gasteiger partial charge in [0.05, 0.1) is 24.8 Å². The van der Waals surface area contributed by atoms with Gasteiger partial charge in [-0.1, -0.05) is 0 Å². The molecule has 0 unspecified atom stereocenters. The third-order valence-electron chi connectivity index (χ3n) is 5.13. The molecule has 2 aliphatic heterocycles. The topological polar surface area (TPSA) is 71.5 Å². The van der Waals surface area contributed by atoms with Gasteiger partial charge < -0.3 is 14.5 Å². The van der Waals surface area contributed by atoms with Crippen LogP contribution in [0.25, 0.3) is 0 Å². The van der Waals surface area contributed by atoms with Crippen molar-refractivity contribution >= 4 is 11.7 Å². The maximum atomic E-state index is 12.9. The fourth-order valence-electron chi connectivity index (χ4n) is 3.88. The van der Waals surface area contributed by atoms with Crippen LogP contribution in [0.3, 0.4) is 0 Å². The van der Waals surface area contributed by atoms with Crippen LogP contribution in [0.2, 0.25) is 0 Å². The lowest BCUT2D eigenvalue weighted by molar-refractivity contribution is 0.0737. The van der Waals surface area contributed by atoms with Crippen LogP contribution in [0.1, 0.15) is 28.9 Å². The van der Waals surface area contributed by atoms with E-state index in [1.807, 2.05) is 30.0 Å². The van der Waals surface area contributed by atoms with Crippen LogP contribution >= 0.6 is 0 Å². The Morgan fingerprint density at radius 2 is 2.00 bits per heavy atom. The molecule has 4 heterocycles. The normalized spacial score (nSPS) is 22.2. The van der Waals surface area contributed by atoms with Crippen molar-refractivity contribution in [2.75, 3.05) is 25.1 Å². The van der Waals surface area contributed by atoms with Gasteiger partial charge in [0.15, 0.2) is 0 Å². The molecule has 0 spiro atoms. The van der Waals surface area contributed by atoms with Crippen molar-refractivity contribution in [3.63, 3.8) is 0 Å². The van der Waals surface area contributed by atoms with Gasteiger partial charge in [-0.05, 0) is 31.9 Å². The van der Waals surface area contributed by atoms with Crippen molar-refractivity contribution in [3.05, 3.63) is 42.0 Å². The summed E-state index contributed by atoms with van der Waals surface area (Å²) < 4.78 is 5.20. The van der Waals surface area contributed by atoms with Crippen molar-refractivity contribution in [2.45, 2.75) is 31.8 Å². The van der Waals surface area contributed by atoms with Crippen molar-refractivity contribution < 1.29 is 9.53 Å². The van der Waals surface area contributed by atoms with E-state index in [2.05, 4.69) is 19.9 Å². The van der Waals surface area contributed by atoms with Crippen molar-refractivity contribution in [3.8, 4) is 5.88 Å². The molecule has 4 rings (SSSR count). The van der Waals surface area contributed by atoms with E-state index in [-0.39, 0.29) is 11.9 Å². The summed E-state index contributed by atoms with van der Waals surface area (Å²) in [6.45, 7) is 3.57. The van der Waals surface area contributed by atoms with Crippen LogP contribution in [-0.2, 0) is 0 Å². The highest BCUT2D eigenvalue weighted by molar-refractivity contribution is 5.94. The molecule has 2 aromatic heterocycles. The SMILES string of the molecule is COc1cc(N2CC[C@H]3[C@H]2CCN3C(=O)c2ccc(C)nc2)ncn1. The molecule has 2 aliphatic rings. The number of hydrogen-bond acceptors (Lipinski definition) is 6. The molecule has 130 valence electrons. The number of carbonyl (C=O) groups is 1. The number of likely N-dealkylation sites (tertiary alicyclic amines) is 1. The number of carbonyl (C=O) groups excluding carboxylic acids is 1. The van der Waals surface area contributed by atoms with Gasteiger partial charge in [0, 0.05) is 31.0 Å². The third kappa shape index (κ3) is 2.79. The molecule has 0 radical (unpaired) electrons. The maximum Gasteiger partial charge on any atom is 0.255 e. The Labute approximate surface area is 146 Å². The second-order valence-electron chi connectivity index (χ2n) is 6.51. The Morgan fingerprint density at radius 1 is 1.16 bits per heavy atom. The van der Waals surface area contributed by atoms with Gasteiger partial charge >= 0.3 is 0 Å². The van der Waals surface area contributed by atoms with Crippen molar-refractivity contribution in [1.29, 1.82) is 0 Å². The van der Waals surface area contributed by atoms with E-state index >= 15 is 0 Å². The molecule has 0 bridgehead atoms. The number of fused-ring (bicyclic) bond motifs is 1. The van der Waals surface area contributed by atoms with Gasteiger partial charge in [0.25, 0.3) is 5.91 Å². The van der Waals surface area contributed by atoms with Gasteiger partial charge in [-0.2, -0.15) is 0 Å². The number of aryl methyl sites for hydroxylation is 1. The first kappa shape index (κ1) is 15.8. The number of anilines is 1. The van der Waals surface area contributed by atoms with Crippen LogP contribution in [0.4, 0.5) is 5.82 Å². The first-order valence-electron chi connectivity index (χ1n) is 8.53. The molecule has 0 aliphatic carbocycles. The Hall–Kier alpha value is -2.70. The Morgan fingerprint density at radius 3 is 2.76 bits per heavy atom. The number of aromatic nitrogens is 3. The van der Waals surface area contributed by atoms with Crippen LogP contribution in [0, 0.1) is 6.92 Å². The molecule has 2 atom stereocenters. The fraction of sp³-hybridized carbons (Fsp3) is 0.444. The van der Waals surface area contributed by atoms with Crippen molar-refractivity contribution in [1.82, 2.24) is 19.9 Å². The minimum Gasteiger partial charge on any atom is -0.481 e. The van der Waals surface area contributed by atoms with Gasteiger partial charge in [-0.15, -0.1) is 0 Å². The monoisotopic (exact) mass is 339 g/mol. The Kier molecular flexibility index (Phi) is 3.99. The largest absolute Gasteiger partial charge is 0.481 e. The van der Waals surface area contributed by atoms with Gasteiger partial charge in [0.1, 0.15) is 12.1 Å². The highest BCUT2D eigenvalue weighted by Gasteiger charge is 2.45. The minimum absolute atomic E-state index is 0.0714.